The summed E-state index contributed by atoms with van der Waals surface area (Å²) in [6.45, 7) is 5.76. The Hall–Kier alpha value is -1.31. The van der Waals surface area contributed by atoms with Crippen LogP contribution in [0.3, 0.4) is 0 Å². The van der Waals surface area contributed by atoms with Crippen LogP contribution in [0.15, 0.2) is 6.07 Å². The summed E-state index contributed by atoms with van der Waals surface area (Å²) in [4.78, 5) is 13.4. The summed E-state index contributed by atoms with van der Waals surface area (Å²) >= 11 is 1.36. The standard InChI is InChI=1S/C13H17NO2S/c1-4-10(3)14-13(16)12-8-9(2)11(17-12)6-5-7-15/h8,10,15H,4,7H2,1-3H3,(H,14,16). The van der Waals surface area contributed by atoms with Gasteiger partial charge in [0.1, 0.15) is 6.61 Å². The number of rotatable bonds is 3. The van der Waals surface area contributed by atoms with Gasteiger partial charge in [0.05, 0.1) is 9.75 Å². The first-order valence-corrected chi connectivity index (χ1v) is 6.41. The minimum atomic E-state index is -0.161. The van der Waals surface area contributed by atoms with Crippen molar-refractivity contribution in [1.29, 1.82) is 0 Å². The number of aliphatic hydroxyl groups is 1. The molecule has 4 heteroatoms. The van der Waals surface area contributed by atoms with E-state index in [1.54, 1.807) is 0 Å². The highest BCUT2D eigenvalue weighted by molar-refractivity contribution is 7.14. The summed E-state index contributed by atoms with van der Waals surface area (Å²) in [7, 11) is 0. The van der Waals surface area contributed by atoms with Crippen LogP contribution in [0.2, 0.25) is 0 Å². The Kier molecular flexibility index (Phi) is 5.20. The monoisotopic (exact) mass is 251 g/mol. The molecule has 1 atom stereocenters. The molecule has 1 unspecified atom stereocenters. The van der Waals surface area contributed by atoms with Crippen molar-refractivity contribution in [3.63, 3.8) is 0 Å². The van der Waals surface area contributed by atoms with Crippen molar-refractivity contribution in [2.24, 2.45) is 0 Å². The minimum absolute atomic E-state index is 0.0514. The molecule has 1 aromatic rings. The molecule has 0 bridgehead atoms. The van der Waals surface area contributed by atoms with Crippen LogP contribution in [0.4, 0.5) is 0 Å². The second-order valence-electron chi connectivity index (χ2n) is 3.87. The smallest absolute Gasteiger partial charge is 0.261 e. The van der Waals surface area contributed by atoms with E-state index < -0.39 is 0 Å². The fourth-order valence-corrected chi connectivity index (χ4v) is 2.19. The first-order chi connectivity index (χ1) is 8.08. The van der Waals surface area contributed by atoms with Gasteiger partial charge in [-0.2, -0.15) is 0 Å². The lowest BCUT2D eigenvalue weighted by atomic mass is 10.2. The third kappa shape index (κ3) is 3.88. The molecule has 0 aromatic carbocycles. The maximum atomic E-state index is 11.9. The molecule has 92 valence electrons. The zero-order chi connectivity index (χ0) is 12.8. The van der Waals surface area contributed by atoms with Crippen molar-refractivity contribution >= 4 is 17.2 Å². The molecule has 0 saturated heterocycles. The van der Waals surface area contributed by atoms with Gasteiger partial charge in [-0.25, -0.2) is 0 Å². The molecule has 0 fully saturated rings. The number of thiophene rings is 1. The first kappa shape index (κ1) is 13.8. The highest BCUT2D eigenvalue weighted by atomic mass is 32.1. The van der Waals surface area contributed by atoms with Crippen LogP contribution in [-0.4, -0.2) is 23.7 Å². The number of carbonyl (C=O) groups excluding carboxylic acids is 1. The van der Waals surface area contributed by atoms with Crippen LogP contribution in [0, 0.1) is 18.8 Å². The molecule has 0 saturated carbocycles. The Morgan fingerprint density at radius 1 is 1.65 bits per heavy atom. The van der Waals surface area contributed by atoms with Gasteiger partial charge in [0, 0.05) is 6.04 Å². The van der Waals surface area contributed by atoms with E-state index in [2.05, 4.69) is 17.2 Å². The van der Waals surface area contributed by atoms with E-state index in [4.69, 9.17) is 5.11 Å². The lowest BCUT2D eigenvalue weighted by Gasteiger charge is -2.09. The van der Waals surface area contributed by atoms with Crippen molar-refractivity contribution < 1.29 is 9.90 Å². The summed E-state index contributed by atoms with van der Waals surface area (Å²) in [6.07, 6.45) is 0.910. The average molecular weight is 251 g/mol. The molecule has 0 aliphatic heterocycles. The molecular weight excluding hydrogens is 234 g/mol. The largest absolute Gasteiger partial charge is 0.384 e. The van der Waals surface area contributed by atoms with Crippen LogP contribution in [0.25, 0.3) is 0 Å². The van der Waals surface area contributed by atoms with Gasteiger partial charge >= 0.3 is 0 Å². The Labute approximate surface area is 106 Å². The molecule has 2 N–H and O–H groups in total. The van der Waals surface area contributed by atoms with E-state index in [0.29, 0.717) is 4.88 Å². The molecule has 0 aliphatic carbocycles. The molecule has 17 heavy (non-hydrogen) atoms. The Bertz CT molecular complexity index is 454. The Morgan fingerprint density at radius 2 is 2.35 bits per heavy atom. The third-order valence-corrected chi connectivity index (χ3v) is 3.56. The zero-order valence-electron chi connectivity index (χ0n) is 10.3. The van der Waals surface area contributed by atoms with Gasteiger partial charge in [0.15, 0.2) is 0 Å². The minimum Gasteiger partial charge on any atom is -0.384 e. The number of carbonyl (C=O) groups is 1. The Balaban J connectivity index is 2.82. The topological polar surface area (TPSA) is 49.3 Å². The summed E-state index contributed by atoms with van der Waals surface area (Å²) in [6, 6.07) is 2.01. The summed E-state index contributed by atoms with van der Waals surface area (Å²) in [5.41, 5.74) is 0.977. The highest BCUT2D eigenvalue weighted by Gasteiger charge is 2.12. The highest BCUT2D eigenvalue weighted by Crippen LogP contribution is 2.20. The molecular formula is C13H17NO2S. The van der Waals surface area contributed by atoms with Gasteiger partial charge < -0.3 is 10.4 Å². The number of aryl methyl sites for hydroxylation is 1. The van der Waals surface area contributed by atoms with E-state index in [0.717, 1.165) is 16.9 Å². The lowest BCUT2D eigenvalue weighted by Crippen LogP contribution is -2.31. The van der Waals surface area contributed by atoms with Crippen LogP contribution in [0.1, 0.15) is 40.4 Å². The maximum Gasteiger partial charge on any atom is 0.261 e. The SMILES string of the molecule is CCC(C)NC(=O)c1cc(C)c(C#CCO)s1. The number of aliphatic hydroxyl groups excluding tert-OH is 1. The number of hydrogen-bond donors (Lipinski definition) is 2. The molecule has 3 nitrogen and oxygen atoms in total. The maximum absolute atomic E-state index is 11.9. The van der Waals surface area contributed by atoms with E-state index in [1.165, 1.54) is 11.3 Å². The van der Waals surface area contributed by atoms with Crippen molar-refractivity contribution in [3.8, 4) is 11.8 Å². The molecule has 0 aliphatic rings. The molecule has 1 rings (SSSR count). The van der Waals surface area contributed by atoms with Gasteiger partial charge in [0.2, 0.25) is 0 Å². The lowest BCUT2D eigenvalue weighted by molar-refractivity contribution is 0.0943. The number of amides is 1. The molecule has 1 heterocycles. The van der Waals surface area contributed by atoms with Gasteiger partial charge in [0.25, 0.3) is 5.91 Å². The fraction of sp³-hybridized carbons (Fsp3) is 0.462. The van der Waals surface area contributed by atoms with E-state index in [-0.39, 0.29) is 18.6 Å². The van der Waals surface area contributed by atoms with E-state index in [9.17, 15) is 4.79 Å². The first-order valence-electron chi connectivity index (χ1n) is 5.59. The van der Waals surface area contributed by atoms with Gasteiger partial charge in [-0.1, -0.05) is 18.8 Å². The average Bonchev–Trinajstić information content (AvgIpc) is 2.68. The zero-order valence-corrected chi connectivity index (χ0v) is 11.1. The van der Waals surface area contributed by atoms with Gasteiger partial charge in [-0.05, 0) is 31.9 Å². The van der Waals surface area contributed by atoms with Crippen LogP contribution < -0.4 is 5.32 Å². The molecule has 1 aromatic heterocycles. The van der Waals surface area contributed by atoms with Crippen LogP contribution in [0.5, 0.6) is 0 Å². The van der Waals surface area contributed by atoms with E-state index >= 15 is 0 Å². The molecule has 0 spiro atoms. The second-order valence-corrected chi connectivity index (χ2v) is 4.92. The third-order valence-electron chi connectivity index (χ3n) is 2.41. The molecule has 1 amide bonds. The van der Waals surface area contributed by atoms with Crippen LogP contribution >= 0.6 is 11.3 Å². The van der Waals surface area contributed by atoms with E-state index in [1.807, 2.05) is 26.8 Å². The fourth-order valence-electron chi connectivity index (χ4n) is 1.23. The predicted molar refractivity (Wildman–Crippen MR) is 70.2 cm³/mol. The number of hydrogen-bond acceptors (Lipinski definition) is 3. The summed E-state index contributed by atoms with van der Waals surface area (Å²) in [5.74, 6) is 5.39. The Morgan fingerprint density at radius 3 is 2.94 bits per heavy atom. The van der Waals surface area contributed by atoms with Gasteiger partial charge in [-0.3, -0.25) is 4.79 Å². The summed E-state index contributed by atoms with van der Waals surface area (Å²) in [5, 5.41) is 11.6. The second kappa shape index (κ2) is 6.43. The quantitative estimate of drug-likeness (QED) is 0.806. The molecule has 0 radical (unpaired) electrons. The van der Waals surface area contributed by atoms with Crippen molar-refractivity contribution in [2.45, 2.75) is 33.2 Å². The van der Waals surface area contributed by atoms with Gasteiger partial charge in [-0.15, -0.1) is 11.3 Å². The van der Waals surface area contributed by atoms with Crippen molar-refractivity contribution in [2.75, 3.05) is 6.61 Å². The van der Waals surface area contributed by atoms with Crippen molar-refractivity contribution in [3.05, 3.63) is 21.4 Å². The van der Waals surface area contributed by atoms with Crippen LogP contribution in [-0.2, 0) is 0 Å². The normalized spacial score (nSPS) is 11.5. The predicted octanol–water partition coefficient (Wildman–Crippen LogP) is 1.93. The number of nitrogens with one attached hydrogen (secondary N) is 1. The summed E-state index contributed by atoms with van der Waals surface area (Å²) < 4.78 is 0. The van der Waals surface area contributed by atoms with Crippen molar-refractivity contribution in [1.82, 2.24) is 5.32 Å².